The third-order valence-corrected chi connectivity index (χ3v) is 5.79. The summed E-state index contributed by atoms with van der Waals surface area (Å²) in [4.78, 5) is 24.2. The average molecular weight is 402 g/mol. The number of aliphatic hydroxyl groups excluding tert-OH is 5. The van der Waals surface area contributed by atoms with E-state index in [1.807, 2.05) is 0 Å². The fraction of sp³-hybridized carbons (Fsp3) is 0.895. The number of carbonyl (C=O) groups excluding carboxylic acids is 2. The normalized spacial score (nSPS) is 24.6. The van der Waals surface area contributed by atoms with Crippen LogP contribution in [-0.2, 0) is 9.59 Å². The molecule has 0 aromatic carbocycles. The van der Waals surface area contributed by atoms with Crippen molar-refractivity contribution in [2.45, 2.75) is 107 Å². The van der Waals surface area contributed by atoms with E-state index in [1.165, 1.54) is 0 Å². The lowest BCUT2D eigenvalue weighted by Gasteiger charge is -2.30. The van der Waals surface area contributed by atoms with Gasteiger partial charge in [0.25, 0.3) is 11.8 Å². The molecule has 2 fully saturated rings. The minimum absolute atomic E-state index is 0.1000. The average Bonchev–Trinajstić information content (AvgIpc) is 2.72. The van der Waals surface area contributed by atoms with Crippen LogP contribution < -0.4 is 10.6 Å². The second kappa shape index (κ2) is 11.1. The molecule has 2 aliphatic rings. The highest BCUT2D eigenvalue weighted by Crippen LogP contribution is 2.19. The third-order valence-electron chi connectivity index (χ3n) is 5.79. The predicted octanol–water partition coefficient (Wildman–Crippen LogP) is -1.31. The van der Waals surface area contributed by atoms with Gasteiger partial charge in [-0.1, -0.05) is 38.5 Å². The molecule has 1 unspecified atom stereocenters. The Labute approximate surface area is 165 Å². The first kappa shape index (κ1) is 23.0. The molecule has 9 heteroatoms. The van der Waals surface area contributed by atoms with Gasteiger partial charge in [0.05, 0.1) is 0 Å². The van der Waals surface area contributed by atoms with Gasteiger partial charge in [-0.15, -0.1) is 0 Å². The molecule has 5 atom stereocenters. The standard InChI is InChI=1S/C19H34N2O7/c22-13(14(23)16(25)18(27)20-11-7-3-1-4-8-11)15(24)17(26)19(28)21-12-9-5-2-6-10-12/h11-17,22-26H,1-10H2,(H,20,27)(H,21,28)/t13-,14-,15-,16+,17?/m0/s1. The fourth-order valence-electron chi connectivity index (χ4n) is 3.95. The molecule has 2 rings (SSSR count). The van der Waals surface area contributed by atoms with E-state index in [4.69, 9.17) is 0 Å². The number of hydrogen-bond donors (Lipinski definition) is 7. The number of hydrogen-bond acceptors (Lipinski definition) is 7. The van der Waals surface area contributed by atoms with Crippen molar-refractivity contribution in [1.82, 2.24) is 10.6 Å². The monoisotopic (exact) mass is 402 g/mol. The van der Waals surface area contributed by atoms with Gasteiger partial charge in [0.1, 0.15) is 18.3 Å². The summed E-state index contributed by atoms with van der Waals surface area (Å²) in [6, 6.07) is -0.200. The van der Waals surface area contributed by atoms with Gasteiger partial charge in [-0.3, -0.25) is 9.59 Å². The Bertz CT molecular complexity index is 463. The van der Waals surface area contributed by atoms with E-state index >= 15 is 0 Å². The van der Waals surface area contributed by atoms with Crippen LogP contribution in [0.5, 0.6) is 0 Å². The van der Waals surface area contributed by atoms with Crippen molar-refractivity contribution in [1.29, 1.82) is 0 Å². The van der Waals surface area contributed by atoms with Crippen molar-refractivity contribution < 1.29 is 35.1 Å². The summed E-state index contributed by atoms with van der Waals surface area (Å²) in [6.45, 7) is 0. The van der Waals surface area contributed by atoms with Gasteiger partial charge in [0.2, 0.25) is 0 Å². The molecule has 2 amide bonds. The Morgan fingerprint density at radius 3 is 1.21 bits per heavy atom. The van der Waals surface area contributed by atoms with E-state index in [9.17, 15) is 35.1 Å². The number of carbonyl (C=O) groups is 2. The molecule has 0 aromatic heterocycles. The molecule has 0 aromatic rings. The molecule has 0 heterocycles. The summed E-state index contributed by atoms with van der Waals surface area (Å²) in [5.41, 5.74) is 0. The van der Waals surface area contributed by atoms with Crippen LogP contribution in [0.25, 0.3) is 0 Å². The smallest absolute Gasteiger partial charge is 0.251 e. The lowest BCUT2D eigenvalue weighted by molar-refractivity contribution is -0.161. The number of nitrogens with one attached hydrogen (secondary N) is 2. The van der Waals surface area contributed by atoms with Crippen LogP contribution in [-0.4, -0.2) is 80.0 Å². The molecule has 0 bridgehead atoms. The molecular formula is C19H34N2O7. The molecule has 0 spiro atoms. The minimum Gasteiger partial charge on any atom is -0.387 e. The minimum atomic E-state index is -2.07. The second-order valence-electron chi connectivity index (χ2n) is 8.05. The van der Waals surface area contributed by atoms with Gasteiger partial charge in [0.15, 0.2) is 12.2 Å². The molecule has 2 saturated carbocycles. The zero-order chi connectivity index (χ0) is 20.7. The van der Waals surface area contributed by atoms with Crippen LogP contribution in [0.1, 0.15) is 64.2 Å². The highest BCUT2D eigenvalue weighted by atomic mass is 16.4. The number of aliphatic hydroxyl groups is 5. The van der Waals surface area contributed by atoms with Crippen molar-refractivity contribution in [3.63, 3.8) is 0 Å². The maximum Gasteiger partial charge on any atom is 0.251 e. The predicted molar refractivity (Wildman–Crippen MR) is 100 cm³/mol. The van der Waals surface area contributed by atoms with Crippen LogP contribution in [0, 0.1) is 0 Å². The van der Waals surface area contributed by atoms with E-state index in [-0.39, 0.29) is 12.1 Å². The third kappa shape index (κ3) is 6.38. The Balaban J connectivity index is 1.83. The molecule has 0 aliphatic heterocycles. The first-order chi connectivity index (χ1) is 13.3. The molecular weight excluding hydrogens is 368 g/mol. The van der Waals surface area contributed by atoms with Crippen molar-refractivity contribution >= 4 is 11.8 Å². The quantitative estimate of drug-likeness (QED) is 0.265. The van der Waals surface area contributed by atoms with Crippen molar-refractivity contribution in [2.24, 2.45) is 0 Å². The summed E-state index contributed by atoms with van der Waals surface area (Å²) in [6.07, 6.45) is -0.988. The highest BCUT2D eigenvalue weighted by molar-refractivity contribution is 5.82. The van der Waals surface area contributed by atoms with Crippen LogP contribution in [0.4, 0.5) is 0 Å². The van der Waals surface area contributed by atoms with Crippen LogP contribution in [0.15, 0.2) is 0 Å². The molecule has 0 radical (unpaired) electrons. The summed E-state index contributed by atoms with van der Waals surface area (Å²) in [7, 11) is 0. The maximum atomic E-state index is 12.1. The molecule has 0 saturated heterocycles. The summed E-state index contributed by atoms with van der Waals surface area (Å²) in [5.74, 6) is -1.71. The van der Waals surface area contributed by atoms with E-state index < -0.39 is 42.3 Å². The Kier molecular flexibility index (Phi) is 9.10. The van der Waals surface area contributed by atoms with Crippen LogP contribution in [0.2, 0.25) is 0 Å². The van der Waals surface area contributed by atoms with Gasteiger partial charge in [-0.2, -0.15) is 0 Å². The lowest BCUT2D eigenvalue weighted by Crippen LogP contribution is -2.57. The summed E-state index contributed by atoms with van der Waals surface area (Å²) in [5, 5.41) is 55.4. The zero-order valence-corrected chi connectivity index (χ0v) is 16.2. The fourth-order valence-corrected chi connectivity index (χ4v) is 3.95. The van der Waals surface area contributed by atoms with E-state index in [2.05, 4.69) is 10.6 Å². The topological polar surface area (TPSA) is 159 Å². The van der Waals surface area contributed by atoms with Gasteiger partial charge >= 0.3 is 0 Å². The van der Waals surface area contributed by atoms with E-state index in [0.717, 1.165) is 64.2 Å². The Hall–Kier alpha value is -1.26. The molecule has 28 heavy (non-hydrogen) atoms. The Morgan fingerprint density at radius 2 is 0.893 bits per heavy atom. The number of amides is 2. The number of rotatable bonds is 8. The second-order valence-corrected chi connectivity index (χ2v) is 8.05. The van der Waals surface area contributed by atoms with Crippen LogP contribution in [0.3, 0.4) is 0 Å². The van der Waals surface area contributed by atoms with Gasteiger partial charge in [-0.05, 0) is 25.7 Å². The lowest BCUT2D eigenvalue weighted by atomic mass is 9.93. The maximum absolute atomic E-state index is 12.1. The van der Waals surface area contributed by atoms with Crippen molar-refractivity contribution in [3.05, 3.63) is 0 Å². The van der Waals surface area contributed by atoms with Gasteiger partial charge < -0.3 is 36.2 Å². The first-order valence-electron chi connectivity index (χ1n) is 10.3. The molecule has 7 N–H and O–H groups in total. The Morgan fingerprint density at radius 1 is 0.571 bits per heavy atom. The molecule has 9 nitrogen and oxygen atoms in total. The van der Waals surface area contributed by atoms with Crippen molar-refractivity contribution in [2.75, 3.05) is 0 Å². The zero-order valence-electron chi connectivity index (χ0n) is 16.2. The van der Waals surface area contributed by atoms with Gasteiger partial charge in [-0.25, -0.2) is 0 Å². The van der Waals surface area contributed by atoms with E-state index in [0.29, 0.717) is 0 Å². The summed E-state index contributed by atoms with van der Waals surface area (Å²) >= 11 is 0. The highest BCUT2D eigenvalue weighted by Gasteiger charge is 2.40. The molecule has 2 aliphatic carbocycles. The SMILES string of the molecule is O=C(NC1CCCCC1)C(O)[C@@H](O)[C@@H](O)[C@H](O)[C@@H](O)C(=O)NC1CCCCC1. The largest absolute Gasteiger partial charge is 0.387 e. The van der Waals surface area contributed by atoms with Crippen molar-refractivity contribution in [3.8, 4) is 0 Å². The first-order valence-corrected chi connectivity index (χ1v) is 10.3. The van der Waals surface area contributed by atoms with Gasteiger partial charge in [0, 0.05) is 12.1 Å². The van der Waals surface area contributed by atoms with Crippen LogP contribution >= 0.6 is 0 Å². The van der Waals surface area contributed by atoms with E-state index in [1.54, 1.807) is 0 Å². The summed E-state index contributed by atoms with van der Waals surface area (Å²) < 4.78 is 0. The molecule has 162 valence electrons.